The van der Waals surface area contributed by atoms with Gasteiger partial charge in [-0.05, 0) is 19.8 Å². The van der Waals surface area contributed by atoms with Gasteiger partial charge in [0.2, 0.25) is 0 Å². The van der Waals surface area contributed by atoms with Gasteiger partial charge in [0, 0.05) is 31.6 Å². The van der Waals surface area contributed by atoms with Crippen LogP contribution in [0.3, 0.4) is 0 Å². The van der Waals surface area contributed by atoms with Crippen molar-refractivity contribution in [3.05, 3.63) is 28.2 Å². The fourth-order valence-electron chi connectivity index (χ4n) is 2.74. The summed E-state index contributed by atoms with van der Waals surface area (Å²) in [4.78, 5) is 7.11. The average Bonchev–Trinajstić information content (AvgIpc) is 3.17. The van der Waals surface area contributed by atoms with E-state index >= 15 is 0 Å². The molecule has 0 aromatic carbocycles. The minimum absolute atomic E-state index is 0.00458. The van der Waals surface area contributed by atoms with Crippen molar-refractivity contribution in [1.82, 2.24) is 24.6 Å². The first-order chi connectivity index (χ1) is 10.8. The molecule has 1 saturated heterocycles. The van der Waals surface area contributed by atoms with E-state index in [2.05, 4.69) is 38.9 Å². The van der Waals surface area contributed by atoms with Crippen LogP contribution in [0.25, 0.3) is 0 Å². The Kier molecular flexibility index (Phi) is 5.17. The highest BCUT2D eigenvalue weighted by molar-refractivity contribution is 7.09. The molecule has 0 saturated carbocycles. The summed E-state index contributed by atoms with van der Waals surface area (Å²) in [5, 5.41) is 11.7. The van der Waals surface area contributed by atoms with Crippen LogP contribution in [0.4, 0.5) is 0 Å². The summed E-state index contributed by atoms with van der Waals surface area (Å²) in [6.45, 7) is 8.56. The van der Waals surface area contributed by atoms with Crippen LogP contribution in [-0.4, -0.2) is 44.3 Å². The monoisotopic (exact) mass is 321 g/mol. The number of hydrogen-bond donors (Lipinski definition) is 0. The van der Waals surface area contributed by atoms with Crippen molar-refractivity contribution in [2.45, 2.75) is 45.9 Å². The van der Waals surface area contributed by atoms with E-state index in [1.165, 1.54) is 10.7 Å². The van der Waals surface area contributed by atoms with E-state index in [0.717, 1.165) is 51.5 Å². The predicted molar refractivity (Wildman–Crippen MR) is 85.8 cm³/mol. The van der Waals surface area contributed by atoms with Crippen LogP contribution in [0.1, 0.15) is 42.9 Å². The third-order valence-corrected chi connectivity index (χ3v) is 4.83. The van der Waals surface area contributed by atoms with Crippen LogP contribution in [0, 0.1) is 0 Å². The SMILES string of the molecule is CCCc1nc(CN2CCO[C@@H](c3nncn3CC)C2)cs1. The quantitative estimate of drug-likeness (QED) is 0.817. The van der Waals surface area contributed by atoms with Gasteiger partial charge in [-0.1, -0.05) is 6.92 Å². The van der Waals surface area contributed by atoms with Crippen molar-refractivity contribution < 1.29 is 4.74 Å². The van der Waals surface area contributed by atoms with Gasteiger partial charge in [-0.2, -0.15) is 0 Å². The molecule has 2 aromatic rings. The molecule has 22 heavy (non-hydrogen) atoms. The summed E-state index contributed by atoms with van der Waals surface area (Å²) in [6, 6.07) is 0. The number of rotatable bonds is 6. The molecule has 0 bridgehead atoms. The van der Waals surface area contributed by atoms with Crippen LogP contribution in [0.5, 0.6) is 0 Å². The largest absolute Gasteiger partial charge is 0.368 e. The molecule has 0 N–H and O–H groups in total. The molecular weight excluding hydrogens is 298 g/mol. The number of aryl methyl sites for hydroxylation is 2. The summed E-state index contributed by atoms with van der Waals surface area (Å²) in [7, 11) is 0. The van der Waals surface area contributed by atoms with Crippen molar-refractivity contribution >= 4 is 11.3 Å². The van der Waals surface area contributed by atoms with Gasteiger partial charge in [-0.25, -0.2) is 4.98 Å². The van der Waals surface area contributed by atoms with Crippen LogP contribution < -0.4 is 0 Å². The molecule has 120 valence electrons. The Bertz CT molecular complexity index is 596. The first-order valence-electron chi connectivity index (χ1n) is 7.95. The van der Waals surface area contributed by atoms with E-state index < -0.39 is 0 Å². The zero-order chi connectivity index (χ0) is 15.4. The maximum Gasteiger partial charge on any atom is 0.163 e. The van der Waals surface area contributed by atoms with E-state index in [0.29, 0.717) is 0 Å². The highest BCUT2D eigenvalue weighted by atomic mass is 32.1. The minimum Gasteiger partial charge on any atom is -0.368 e. The van der Waals surface area contributed by atoms with Crippen molar-refractivity contribution in [2.24, 2.45) is 0 Å². The van der Waals surface area contributed by atoms with Gasteiger partial charge >= 0.3 is 0 Å². The maximum atomic E-state index is 5.89. The Morgan fingerprint density at radius 1 is 1.41 bits per heavy atom. The summed E-state index contributed by atoms with van der Waals surface area (Å²) >= 11 is 1.77. The van der Waals surface area contributed by atoms with Crippen LogP contribution in [0.2, 0.25) is 0 Å². The minimum atomic E-state index is 0.00458. The lowest BCUT2D eigenvalue weighted by Crippen LogP contribution is -2.38. The van der Waals surface area contributed by atoms with Gasteiger partial charge in [-0.3, -0.25) is 4.90 Å². The van der Waals surface area contributed by atoms with E-state index in [4.69, 9.17) is 9.72 Å². The van der Waals surface area contributed by atoms with Crippen LogP contribution in [0.15, 0.2) is 11.7 Å². The maximum absolute atomic E-state index is 5.89. The summed E-state index contributed by atoms with van der Waals surface area (Å²) < 4.78 is 7.95. The molecule has 1 aliphatic rings. The van der Waals surface area contributed by atoms with Gasteiger partial charge < -0.3 is 9.30 Å². The van der Waals surface area contributed by atoms with Crippen molar-refractivity contribution in [3.8, 4) is 0 Å². The Morgan fingerprint density at radius 2 is 2.32 bits per heavy atom. The fourth-order valence-corrected chi connectivity index (χ4v) is 3.63. The average molecular weight is 321 g/mol. The number of ether oxygens (including phenoxy) is 1. The van der Waals surface area contributed by atoms with Gasteiger partial charge in [-0.15, -0.1) is 21.5 Å². The standard InChI is InChI=1S/C15H23N5OS/c1-3-5-14-17-12(10-22-14)8-19-6-7-21-13(9-19)15-18-16-11-20(15)4-2/h10-11,13H,3-9H2,1-2H3/t13-/m1/s1. The molecule has 0 radical (unpaired) electrons. The van der Waals surface area contributed by atoms with Crippen molar-refractivity contribution in [3.63, 3.8) is 0 Å². The van der Waals surface area contributed by atoms with Crippen molar-refractivity contribution in [1.29, 1.82) is 0 Å². The van der Waals surface area contributed by atoms with E-state index in [1.54, 1.807) is 17.7 Å². The molecule has 1 atom stereocenters. The molecule has 3 heterocycles. The highest BCUT2D eigenvalue weighted by Gasteiger charge is 2.26. The van der Waals surface area contributed by atoms with Gasteiger partial charge in [0.25, 0.3) is 0 Å². The zero-order valence-corrected chi connectivity index (χ0v) is 14.1. The Morgan fingerprint density at radius 3 is 3.14 bits per heavy atom. The second-order valence-electron chi connectivity index (χ2n) is 5.55. The first kappa shape index (κ1) is 15.6. The second-order valence-corrected chi connectivity index (χ2v) is 6.49. The molecule has 0 amide bonds. The van der Waals surface area contributed by atoms with Gasteiger partial charge in [0.15, 0.2) is 5.82 Å². The Labute approximate surface area is 135 Å². The number of thiazole rings is 1. The molecule has 0 spiro atoms. The zero-order valence-electron chi connectivity index (χ0n) is 13.2. The smallest absolute Gasteiger partial charge is 0.163 e. The third kappa shape index (κ3) is 3.53. The molecule has 0 unspecified atom stereocenters. The molecule has 0 aliphatic carbocycles. The molecule has 3 rings (SSSR count). The topological polar surface area (TPSA) is 56.1 Å². The van der Waals surface area contributed by atoms with E-state index in [-0.39, 0.29) is 6.10 Å². The van der Waals surface area contributed by atoms with E-state index in [9.17, 15) is 0 Å². The number of aromatic nitrogens is 4. The fraction of sp³-hybridized carbons (Fsp3) is 0.667. The summed E-state index contributed by atoms with van der Waals surface area (Å²) in [5.74, 6) is 0.928. The molecule has 7 heteroatoms. The Hall–Kier alpha value is -1.31. The number of nitrogens with zero attached hydrogens (tertiary/aromatic N) is 5. The third-order valence-electron chi connectivity index (χ3n) is 3.87. The van der Waals surface area contributed by atoms with Gasteiger partial charge in [0.1, 0.15) is 12.4 Å². The summed E-state index contributed by atoms with van der Waals surface area (Å²) in [6.07, 6.45) is 4.01. The van der Waals surface area contributed by atoms with Crippen LogP contribution in [-0.2, 0) is 24.2 Å². The highest BCUT2D eigenvalue weighted by Crippen LogP contribution is 2.22. The first-order valence-corrected chi connectivity index (χ1v) is 8.83. The second kappa shape index (κ2) is 7.30. The number of hydrogen-bond acceptors (Lipinski definition) is 6. The lowest BCUT2D eigenvalue weighted by molar-refractivity contribution is -0.0391. The molecule has 1 aliphatic heterocycles. The summed E-state index contributed by atoms with van der Waals surface area (Å²) in [5.41, 5.74) is 1.17. The normalized spacial score (nSPS) is 19.6. The molecule has 6 nitrogen and oxygen atoms in total. The lowest BCUT2D eigenvalue weighted by atomic mass is 10.2. The van der Waals surface area contributed by atoms with E-state index in [1.807, 2.05) is 0 Å². The molecule has 1 fully saturated rings. The number of morpholine rings is 1. The lowest BCUT2D eigenvalue weighted by Gasteiger charge is -2.31. The molecular formula is C15H23N5OS. The van der Waals surface area contributed by atoms with Crippen LogP contribution >= 0.6 is 11.3 Å². The Balaban J connectivity index is 1.62. The predicted octanol–water partition coefficient (Wildman–Crippen LogP) is 2.28. The van der Waals surface area contributed by atoms with Crippen molar-refractivity contribution in [2.75, 3.05) is 19.7 Å². The molecule has 2 aromatic heterocycles. The van der Waals surface area contributed by atoms with Gasteiger partial charge in [0.05, 0.1) is 17.3 Å².